The molecule has 84 valence electrons. The van der Waals surface area contributed by atoms with Crippen molar-refractivity contribution < 1.29 is 0 Å². The number of thiazole rings is 1. The van der Waals surface area contributed by atoms with E-state index in [-0.39, 0.29) is 0 Å². The maximum Gasteiger partial charge on any atom is 0.110 e. The summed E-state index contributed by atoms with van der Waals surface area (Å²) in [5.74, 6) is 0. The molecule has 1 aromatic heterocycles. The number of hydrogen-bond acceptors (Lipinski definition) is 3. The molecule has 0 aliphatic heterocycles. The van der Waals surface area contributed by atoms with Crippen molar-refractivity contribution in [1.82, 2.24) is 10.3 Å². The van der Waals surface area contributed by atoms with Crippen LogP contribution in [-0.4, -0.2) is 11.5 Å². The Morgan fingerprint density at radius 3 is 2.93 bits per heavy atom. The smallest absolute Gasteiger partial charge is 0.110 e. The Labute approximate surface area is 96.1 Å². The van der Waals surface area contributed by atoms with Gasteiger partial charge in [0.1, 0.15) is 5.01 Å². The quantitative estimate of drug-likeness (QED) is 0.831. The van der Waals surface area contributed by atoms with Gasteiger partial charge in [0.05, 0.1) is 11.7 Å². The highest BCUT2D eigenvalue weighted by Crippen LogP contribution is 2.31. The van der Waals surface area contributed by atoms with Gasteiger partial charge in [-0.2, -0.15) is 0 Å². The summed E-state index contributed by atoms with van der Waals surface area (Å²) in [7, 11) is 0. The van der Waals surface area contributed by atoms with E-state index in [1.807, 2.05) is 11.3 Å². The van der Waals surface area contributed by atoms with Gasteiger partial charge in [0.15, 0.2) is 0 Å². The minimum atomic E-state index is 0.496. The van der Waals surface area contributed by atoms with Gasteiger partial charge in [-0.3, -0.25) is 0 Å². The SMILES string of the molecule is CCCC(NCC)c1nc2c(s1)CCC2. The molecule has 1 aliphatic rings. The molecule has 0 amide bonds. The Morgan fingerprint density at radius 2 is 2.27 bits per heavy atom. The number of aryl methyl sites for hydroxylation is 2. The van der Waals surface area contributed by atoms with E-state index >= 15 is 0 Å². The molecule has 1 aliphatic carbocycles. The Kier molecular flexibility index (Phi) is 3.76. The molecule has 2 nitrogen and oxygen atoms in total. The van der Waals surface area contributed by atoms with E-state index in [0.717, 1.165) is 6.54 Å². The maximum absolute atomic E-state index is 4.78. The van der Waals surface area contributed by atoms with Gasteiger partial charge in [-0.15, -0.1) is 11.3 Å². The van der Waals surface area contributed by atoms with Crippen molar-refractivity contribution >= 4 is 11.3 Å². The third-order valence-electron chi connectivity index (χ3n) is 2.94. The van der Waals surface area contributed by atoms with Crippen molar-refractivity contribution in [3.05, 3.63) is 15.6 Å². The molecule has 0 saturated carbocycles. The van der Waals surface area contributed by atoms with E-state index in [9.17, 15) is 0 Å². The summed E-state index contributed by atoms with van der Waals surface area (Å²) in [6.45, 7) is 5.45. The fourth-order valence-corrected chi connectivity index (χ4v) is 3.47. The van der Waals surface area contributed by atoms with Crippen molar-refractivity contribution in [1.29, 1.82) is 0 Å². The van der Waals surface area contributed by atoms with Crippen LogP contribution in [0.5, 0.6) is 0 Å². The van der Waals surface area contributed by atoms with Crippen LogP contribution in [0.2, 0.25) is 0 Å². The zero-order valence-corrected chi connectivity index (χ0v) is 10.5. The van der Waals surface area contributed by atoms with Crippen LogP contribution in [0.15, 0.2) is 0 Å². The van der Waals surface area contributed by atoms with E-state index in [1.165, 1.54) is 42.8 Å². The van der Waals surface area contributed by atoms with E-state index in [4.69, 9.17) is 4.98 Å². The lowest BCUT2D eigenvalue weighted by molar-refractivity contribution is 0.506. The van der Waals surface area contributed by atoms with E-state index in [1.54, 1.807) is 4.88 Å². The predicted molar refractivity (Wildman–Crippen MR) is 65.5 cm³/mol. The lowest BCUT2D eigenvalue weighted by Gasteiger charge is -2.13. The number of hydrogen-bond donors (Lipinski definition) is 1. The van der Waals surface area contributed by atoms with Gasteiger partial charge in [0, 0.05) is 4.88 Å². The molecule has 0 aromatic carbocycles. The fraction of sp³-hybridized carbons (Fsp3) is 0.750. The van der Waals surface area contributed by atoms with E-state index in [0.29, 0.717) is 6.04 Å². The molecule has 1 N–H and O–H groups in total. The molecule has 0 bridgehead atoms. The van der Waals surface area contributed by atoms with Crippen LogP contribution in [0.3, 0.4) is 0 Å². The summed E-state index contributed by atoms with van der Waals surface area (Å²) in [4.78, 5) is 6.33. The van der Waals surface area contributed by atoms with Gasteiger partial charge in [-0.05, 0) is 32.2 Å². The third kappa shape index (κ3) is 2.40. The van der Waals surface area contributed by atoms with Gasteiger partial charge in [0.25, 0.3) is 0 Å². The standard InChI is InChI=1S/C12H20N2S/c1-3-6-10(13-4-2)12-14-9-7-5-8-11(9)15-12/h10,13H,3-8H2,1-2H3. The monoisotopic (exact) mass is 224 g/mol. The molecule has 0 spiro atoms. The van der Waals surface area contributed by atoms with Crippen LogP contribution in [-0.2, 0) is 12.8 Å². The van der Waals surface area contributed by atoms with E-state index in [2.05, 4.69) is 19.2 Å². The van der Waals surface area contributed by atoms with Gasteiger partial charge in [-0.1, -0.05) is 20.3 Å². The van der Waals surface area contributed by atoms with Crippen LogP contribution < -0.4 is 5.32 Å². The predicted octanol–water partition coefficient (Wildman–Crippen LogP) is 3.08. The highest BCUT2D eigenvalue weighted by atomic mass is 32.1. The second-order valence-corrected chi connectivity index (χ2v) is 5.29. The molecular weight excluding hydrogens is 204 g/mol. The van der Waals surface area contributed by atoms with Crippen LogP contribution in [0.25, 0.3) is 0 Å². The molecule has 1 unspecified atom stereocenters. The highest BCUT2D eigenvalue weighted by molar-refractivity contribution is 7.11. The van der Waals surface area contributed by atoms with Crippen molar-refractivity contribution in [2.24, 2.45) is 0 Å². The minimum Gasteiger partial charge on any atom is -0.308 e. The molecule has 0 radical (unpaired) electrons. The number of fused-ring (bicyclic) bond motifs is 1. The molecule has 1 aromatic rings. The molecule has 1 atom stereocenters. The third-order valence-corrected chi connectivity index (χ3v) is 4.21. The number of nitrogens with zero attached hydrogens (tertiary/aromatic N) is 1. The van der Waals surface area contributed by atoms with Crippen LogP contribution in [0.1, 0.15) is 54.7 Å². The van der Waals surface area contributed by atoms with Crippen LogP contribution >= 0.6 is 11.3 Å². The fourth-order valence-electron chi connectivity index (χ4n) is 2.21. The largest absolute Gasteiger partial charge is 0.308 e. The number of nitrogens with one attached hydrogen (secondary N) is 1. The first-order chi connectivity index (χ1) is 7.35. The highest BCUT2D eigenvalue weighted by Gasteiger charge is 2.20. The summed E-state index contributed by atoms with van der Waals surface area (Å²) >= 11 is 1.94. The second kappa shape index (κ2) is 5.08. The van der Waals surface area contributed by atoms with Crippen molar-refractivity contribution in [2.75, 3.05) is 6.54 Å². The lowest BCUT2D eigenvalue weighted by Crippen LogP contribution is -2.20. The van der Waals surface area contributed by atoms with Gasteiger partial charge >= 0.3 is 0 Å². The Hall–Kier alpha value is -0.410. The molecule has 15 heavy (non-hydrogen) atoms. The molecular formula is C12H20N2S. The van der Waals surface area contributed by atoms with Gasteiger partial charge < -0.3 is 5.32 Å². The van der Waals surface area contributed by atoms with Crippen LogP contribution in [0, 0.1) is 0 Å². The number of rotatable bonds is 5. The molecule has 3 heteroatoms. The summed E-state index contributed by atoms with van der Waals surface area (Å²) in [5.41, 5.74) is 1.38. The average molecular weight is 224 g/mol. The minimum absolute atomic E-state index is 0.496. The molecule has 2 rings (SSSR count). The lowest BCUT2D eigenvalue weighted by atomic mass is 10.2. The van der Waals surface area contributed by atoms with Crippen molar-refractivity contribution in [2.45, 2.75) is 52.0 Å². The maximum atomic E-state index is 4.78. The van der Waals surface area contributed by atoms with E-state index < -0.39 is 0 Å². The number of aromatic nitrogens is 1. The first kappa shape index (κ1) is 11.1. The summed E-state index contributed by atoms with van der Waals surface area (Å²) in [5, 5.41) is 4.86. The second-order valence-electron chi connectivity index (χ2n) is 4.17. The Morgan fingerprint density at radius 1 is 1.40 bits per heavy atom. The summed E-state index contributed by atoms with van der Waals surface area (Å²) < 4.78 is 0. The molecule has 0 fully saturated rings. The zero-order valence-electron chi connectivity index (χ0n) is 9.68. The van der Waals surface area contributed by atoms with Crippen LogP contribution in [0.4, 0.5) is 0 Å². The van der Waals surface area contributed by atoms with Gasteiger partial charge in [0.2, 0.25) is 0 Å². The molecule has 0 saturated heterocycles. The Bertz CT molecular complexity index is 292. The summed E-state index contributed by atoms with van der Waals surface area (Å²) in [6.07, 6.45) is 6.21. The van der Waals surface area contributed by atoms with Crippen molar-refractivity contribution in [3.63, 3.8) is 0 Å². The zero-order chi connectivity index (χ0) is 10.7. The normalized spacial score (nSPS) is 16.7. The topological polar surface area (TPSA) is 24.9 Å². The first-order valence-corrected chi connectivity index (χ1v) is 6.88. The summed E-state index contributed by atoms with van der Waals surface area (Å²) in [6, 6.07) is 0.496. The van der Waals surface area contributed by atoms with Crippen molar-refractivity contribution in [3.8, 4) is 0 Å². The van der Waals surface area contributed by atoms with Gasteiger partial charge in [-0.25, -0.2) is 4.98 Å². The average Bonchev–Trinajstić information content (AvgIpc) is 2.76. The Balaban J connectivity index is 2.11. The first-order valence-electron chi connectivity index (χ1n) is 6.07. The molecule has 1 heterocycles.